The molecule has 3 aromatic carbocycles. The molecular formula is C27H33N. The predicted octanol–water partition coefficient (Wildman–Crippen LogP) is 8.36. The summed E-state index contributed by atoms with van der Waals surface area (Å²) >= 11 is 0. The minimum absolute atomic E-state index is 0.543. The summed E-state index contributed by atoms with van der Waals surface area (Å²) in [4.78, 5) is 2.35. The van der Waals surface area contributed by atoms with Gasteiger partial charge in [0.1, 0.15) is 0 Å². The first-order valence-corrected chi connectivity index (χ1v) is 10.6. The third kappa shape index (κ3) is 4.47. The Morgan fingerprint density at radius 2 is 1.04 bits per heavy atom. The molecule has 0 saturated heterocycles. The SMILES string of the molecule is CCc1ccc(N(c2ccc(C(C)C)cc2)c2ccc(C(C)CC)cc2)cc1. The zero-order valence-electron chi connectivity index (χ0n) is 17.9. The molecule has 0 aliphatic rings. The lowest BCUT2D eigenvalue weighted by Gasteiger charge is -2.26. The van der Waals surface area contributed by atoms with E-state index in [1.54, 1.807) is 0 Å². The molecule has 0 N–H and O–H groups in total. The standard InChI is InChI=1S/C27H33N/c1-6-21(5)24-12-18-27(19-13-24)28(25-14-8-22(7-2)9-15-25)26-16-10-23(11-17-26)20(3)4/h8-21H,6-7H2,1-5H3. The van der Waals surface area contributed by atoms with E-state index in [9.17, 15) is 0 Å². The zero-order valence-corrected chi connectivity index (χ0v) is 17.9. The second kappa shape index (κ2) is 9.10. The van der Waals surface area contributed by atoms with Gasteiger partial charge in [-0.1, -0.05) is 71.0 Å². The van der Waals surface area contributed by atoms with Crippen LogP contribution in [0.2, 0.25) is 0 Å². The summed E-state index contributed by atoms with van der Waals surface area (Å²) in [6.45, 7) is 11.2. The third-order valence-corrected chi connectivity index (χ3v) is 5.75. The minimum atomic E-state index is 0.543. The van der Waals surface area contributed by atoms with Crippen molar-refractivity contribution in [2.24, 2.45) is 0 Å². The number of benzene rings is 3. The normalized spacial score (nSPS) is 12.2. The van der Waals surface area contributed by atoms with Crippen molar-refractivity contribution in [1.82, 2.24) is 0 Å². The lowest BCUT2D eigenvalue weighted by molar-refractivity contribution is 0.733. The van der Waals surface area contributed by atoms with Gasteiger partial charge in [0.2, 0.25) is 0 Å². The van der Waals surface area contributed by atoms with Crippen LogP contribution >= 0.6 is 0 Å². The number of hydrogen-bond donors (Lipinski definition) is 0. The maximum absolute atomic E-state index is 2.35. The summed E-state index contributed by atoms with van der Waals surface area (Å²) in [6.07, 6.45) is 2.23. The Hall–Kier alpha value is -2.54. The average Bonchev–Trinajstić information content (AvgIpc) is 2.74. The third-order valence-electron chi connectivity index (χ3n) is 5.75. The maximum atomic E-state index is 2.35. The second-order valence-corrected chi connectivity index (χ2v) is 8.00. The fourth-order valence-corrected chi connectivity index (χ4v) is 3.52. The van der Waals surface area contributed by atoms with E-state index >= 15 is 0 Å². The van der Waals surface area contributed by atoms with Crippen LogP contribution in [-0.2, 0) is 6.42 Å². The molecule has 3 aromatic rings. The van der Waals surface area contributed by atoms with Gasteiger partial charge in [0, 0.05) is 17.1 Å². The molecule has 1 atom stereocenters. The van der Waals surface area contributed by atoms with Crippen molar-refractivity contribution in [1.29, 1.82) is 0 Å². The Morgan fingerprint density at radius 3 is 1.43 bits per heavy atom. The van der Waals surface area contributed by atoms with Gasteiger partial charge < -0.3 is 4.90 Å². The number of anilines is 3. The van der Waals surface area contributed by atoms with E-state index in [1.807, 2.05) is 0 Å². The molecule has 0 amide bonds. The van der Waals surface area contributed by atoms with Gasteiger partial charge in [0.25, 0.3) is 0 Å². The second-order valence-electron chi connectivity index (χ2n) is 8.00. The molecular weight excluding hydrogens is 338 g/mol. The van der Waals surface area contributed by atoms with Crippen LogP contribution in [0.5, 0.6) is 0 Å². The maximum Gasteiger partial charge on any atom is 0.0461 e. The van der Waals surface area contributed by atoms with Crippen LogP contribution in [0.1, 0.15) is 69.6 Å². The number of hydrogen-bond acceptors (Lipinski definition) is 1. The monoisotopic (exact) mass is 371 g/mol. The van der Waals surface area contributed by atoms with Crippen LogP contribution in [0.15, 0.2) is 72.8 Å². The molecule has 0 aromatic heterocycles. The van der Waals surface area contributed by atoms with Crippen molar-refractivity contribution in [3.05, 3.63) is 89.5 Å². The fourth-order valence-electron chi connectivity index (χ4n) is 3.52. The Labute approximate surface area is 171 Å². The first-order valence-electron chi connectivity index (χ1n) is 10.6. The van der Waals surface area contributed by atoms with Gasteiger partial charge in [-0.2, -0.15) is 0 Å². The predicted molar refractivity (Wildman–Crippen MR) is 123 cm³/mol. The quantitative estimate of drug-likeness (QED) is 0.403. The van der Waals surface area contributed by atoms with Gasteiger partial charge in [-0.3, -0.25) is 0 Å². The van der Waals surface area contributed by atoms with Crippen molar-refractivity contribution >= 4 is 17.1 Å². The highest BCUT2D eigenvalue weighted by Gasteiger charge is 2.13. The fraction of sp³-hybridized carbons (Fsp3) is 0.333. The highest BCUT2D eigenvalue weighted by Crippen LogP contribution is 2.36. The average molecular weight is 372 g/mol. The highest BCUT2D eigenvalue weighted by atomic mass is 15.1. The van der Waals surface area contributed by atoms with Crippen LogP contribution in [0, 0.1) is 0 Å². The molecule has 0 fully saturated rings. The van der Waals surface area contributed by atoms with E-state index in [2.05, 4.69) is 112 Å². The smallest absolute Gasteiger partial charge is 0.0461 e. The summed E-state index contributed by atoms with van der Waals surface area (Å²) < 4.78 is 0. The van der Waals surface area contributed by atoms with Gasteiger partial charge in [-0.25, -0.2) is 0 Å². The first-order chi connectivity index (χ1) is 13.5. The molecule has 1 unspecified atom stereocenters. The molecule has 0 heterocycles. The van der Waals surface area contributed by atoms with Gasteiger partial charge in [0.05, 0.1) is 0 Å². The van der Waals surface area contributed by atoms with Crippen LogP contribution < -0.4 is 4.90 Å². The minimum Gasteiger partial charge on any atom is -0.311 e. The van der Waals surface area contributed by atoms with Crippen LogP contribution in [0.4, 0.5) is 17.1 Å². The van der Waals surface area contributed by atoms with E-state index in [1.165, 1.54) is 33.8 Å². The Kier molecular flexibility index (Phi) is 6.57. The van der Waals surface area contributed by atoms with Crippen molar-refractivity contribution in [3.8, 4) is 0 Å². The molecule has 1 heteroatoms. The molecule has 1 nitrogen and oxygen atoms in total. The topological polar surface area (TPSA) is 3.24 Å². The lowest BCUT2D eigenvalue weighted by Crippen LogP contribution is -2.10. The Morgan fingerprint density at radius 1 is 0.607 bits per heavy atom. The van der Waals surface area contributed by atoms with Crippen molar-refractivity contribution in [2.75, 3.05) is 4.90 Å². The van der Waals surface area contributed by atoms with Gasteiger partial charge >= 0.3 is 0 Å². The van der Waals surface area contributed by atoms with Gasteiger partial charge in [0.15, 0.2) is 0 Å². The molecule has 0 aliphatic carbocycles. The molecule has 0 radical (unpaired) electrons. The number of rotatable bonds is 7. The van der Waals surface area contributed by atoms with Crippen molar-refractivity contribution in [3.63, 3.8) is 0 Å². The Bertz CT molecular complexity index is 858. The van der Waals surface area contributed by atoms with Crippen LogP contribution in [-0.4, -0.2) is 0 Å². The van der Waals surface area contributed by atoms with Gasteiger partial charge in [-0.15, -0.1) is 0 Å². The highest BCUT2D eigenvalue weighted by molar-refractivity contribution is 5.76. The molecule has 0 bridgehead atoms. The summed E-state index contributed by atoms with van der Waals surface area (Å²) in [5.41, 5.74) is 7.75. The molecule has 0 saturated carbocycles. The van der Waals surface area contributed by atoms with E-state index in [0.29, 0.717) is 11.8 Å². The van der Waals surface area contributed by atoms with Crippen LogP contribution in [0.3, 0.4) is 0 Å². The number of aryl methyl sites for hydroxylation is 1. The summed E-state index contributed by atoms with van der Waals surface area (Å²) in [5.74, 6) is 1.14. The summed E-state index contributed by atoms with van der Waals surface area (Å²) in [6, 6.07) is 27.0. The van der Waals surface area contributed by atoms with Gasteiger partial charge in [-0.05, 0) is 77.8 Å². The van der Waals surface area contributed by atoms with E-state index in [4.69, 9.17) is 0 Å². The van der Waals surface area contributed by atoms with E-state index < -0.39 is 0 Å². The van der Waals surface area contributed by atoms with E-state index in [-0.39, 0.29) is 0 Å². The largest absolute Gasteiger partial charge is 0.311 e. The van der Waals surface area contributed by atoms with Crippen molar-refractivity contribution in [2.45, 2.75) is 59.3 Å². The molecule has 0 spiro atoms. The molecule has 28 heavy (non-hydrogen) atoms. The molecule has 3 rings (SSSR count). The van der Waals surface area contributed by atoms with Crippen molar-refractivity contribution < 1.29 is 0 Å². The lowest BCUT2D eigenvalue weighted by atomic mass is 9.98. The first kappa shape index (κ1) is 20.2. The summed E-state index contributed by atoms with van der Waals surface area (Å²) in [7, 11) is 0. The van der Waals surface area contributed by atoms with E-state index in [0.717, 1.165) is 12.8 Å². The van der Waals surface area contributed by atoms with Crippen LogP contribution in [0.25, 0.3) is 0 Å². The Balaban J connectivity index is 2.03. The summed E-state index contributed by atoms with van der Waals surface area (Å²) in [5, 5.41) is 0. The molecule has 0 aliphatic heterocycles. The number of nitrogens with zero attached hydrogens (tertiary/aromatic N) is 1. The zero-order chi connectivity index (χ0) is 20.1. The molecule has 146 valence electrons.